The van der Waals surface area contributed by atoms with E-state index in [1.165, 1.54) is 12.1 Å². The molecule has 0 spiro atoms. The number of amides is 1. The number of nitrogens with one attached hydrogen (secondary N) is 1. The van der Waals surface area contributed by atoms with E-state index < -0.39 is 28.0 Å². The second kappa shape index (κ2) is 9.40. The van der Waals surface area contributed by atoms with Crippen molar-refractivity contribution in [3.05, 3.63) is 36.4 Å². The van der Waals surface area contributed by atoms with Crippen molar-refractivity contribution in [1.82, 2.24) is 4.72 Å². The number of carboxylic acid groups (broad SMARTS) is 1. The minimum absolute atomic E-state index is 0.0430. The maximum atomic E-state index is 12.7. The maximum Gasteiger partial charge on any atom is 0.322 e. The number of hydroxylamine groups is 1. The van der Waals surface area contributed by atoms with Gasteiger partial charge >= 0.3 is 5.97 Å². The third-order valence-corrected chi connectivity index (χ3v) is 6.19. The first-order valence-corrected chi connectivity index (χ1v) is 11.1. The van der Waals surface area contributed by atoms with Crippen molar-refractivity contribution in [3.8, 4) is 11.8 Å². The quantitative estimate of drug-likeness (QED) is 0.287. The van der Waals surface area contributed by atoms with Gasteiger partial charge < -0.3 is 9.52 Å². The molecule has 0 unspecified atom stereocenters. The molecule has 2 aromatic carbocycles. The molecular weight excluding hydrogens is 436 g/mol. The van der Waals surface area contributed by atoms with Gasteiger partial charge in [-0.2, -0.15) is 9.79 Å². The summed E-state index contributed by atoms with van der Waals surface area (Å²) in [5.41, 5.74) is 1.23. The van der Waals surface area contributed by atoms with Gasteiger partial charge in [-0.05, 0) is 43.2 Å². The lowest BCUT2D eigenvalue weighted by Crippen LogP contribution is -2.44. The lowest BCUT2D eigenvalue weighted by Gasteiger charge is -2.17. The Kier molecular flexibility index (Phi) is 6.84. The molecule has 32 heavy (non-hydrogen) atoms. The highest BCUT2D eigenvalue weighted by atomic mass is 32.2. The summed E-state index contributed by atoms with van der Waals surface area (Å²) in [4.78, 5) is 28.0. The molecule has 9 nitrogen and oxygen atoms in total. The molecule has 3 rings (SSSR count). The van der Waals surface area contributed by atoms with Crippen molar-refractivity contribution in [1.29, 1.82) is 0 Å². The van der Waals surface area contributed by atoms with E-state index in [0.29, 0.717) is 34.0 Å². The summed E-state index contributed by atoms with van der Waals surface area (Å²) in [6.07, 6.45) is 0.519. The van der Waals surface area contributed by atoms with Crippen LogP contribution in [0.15, 0.2) is 45.7 Å². The predicted octanol–water partition coefficient (Wildman–Crippen LogP) is 2.89. The van der Waals surface area contributed by atoms with Crippen LogP contribution in [-0.2, 0) is 24.4 Å². The van der Waals surface area contributed by atoms with Crippen molar-refractivity contribution in [3.63, 3.8) is 0 Å². The Hall–Kier alpha value is -3.39. The first-order chi connectivity index (χ1) is 15.2. The lowest BCUT2D eigenvalue weighted by molar-refractivity contribution is -0.140. The standard InChI is InChI=1S/C22H22N2O7S/c1-4-5-10-30-24(13-25)15-6-9-19-18(11-15)17-8-7-16(12-20(17)31-19)32(28,29)23-21(14(2)3)22(26)27/h6-9,11-14,21,23H,10H2,1-3H3,(H,26,27)/t21-/m0/s1. The molecule has 1 aromatic heterocycles. The highest BCUT2D eigenvalue weighted by Crippen LogP contribution is 2.33. The largest absolute Gasteiger partial charge is 0.480 e. The molecule has 0 radical (unpaired) electrons. The number of sulfonamides is 1. The summed E-state index contributed by atoms with van der Waals surface area (Å²) in [7, 11) is -4.10. The fourth-order valence-electron chi connectivity index (χ4n) is 3.10. The predicted molar refractivity (Wildman–Crippen MR) is 118 cm³/mol. The Morgan fingerprint density at radius 1 is 1.22 bits per heavy atom. The zero-order chi connectivity index (χ0) is 23.5. The molecule has 1 amide bonds. The van der Waals surface area contributed by atoms with Gasteiger partial charge in [0.25, 0.3) is 0 Å². The summed E-state index contributed by atoms with van der Waals surface area (Å²) < 4.78 is 33.5. The number of aliphatic carboxylic acids is 1. The molecule has 0 saturated heterocycles. The second-order valence-electron chi connectivity index (χ2n) is 7.25. The van der Waals surface area contributed by atoms with Gasteiger partial charge in [0.05, 0.1) is 10.6 Å². The van der Waals surface area contributed by atoms with E-state index in [4.69, 9.17) is 9.25 Å². The Balaban J connectivity index is 1.99. The van der Waals surface area contributed by atoms with Gasteiger partial charge in [-0.15, -0.1) is 5.92 Å². The summed E-state index contributed by atoms with van der Waals surface area (Å²) >= 11 is 0. The number of hydrogen-bond acceptors (Lipinski definition) is 6. The lowest BCUT2D eigenvalue weighted by atomic mass is 10.1. The van der Waals surface area contributed by atoms with Crippen molar-refractivity contribution < 1.29 is 32.4 Å². The molecule has 0 aliphatic carbocycles. The molecule has 2 N–H and O–H groups in total. The number of rotatable bonds is 9. The first-order valence-electron chi connectivity index (χ1n) is 9.66. The summed E-state index contributed by atoms with van der Waals surface area (Å²) in [6.45, 7) is 4.93. The number of furan rings is 1. The average molecular weight is 458 g/mol. The molecule has 1 heterocycles. The van der Waals surface area contributed by atoms with Crippen LogP contribution in [0.1, 0.15) is 20.8 Å². The van der Waals surface area contributed by atoms with Gasteiger partial charge in [-0.25, -0.2) is 8.42 Å². The average Bonchev–Trinajstić information content (AvgIpc) is 3.12. The monoisotopic (exact) mass is 458 g/mol. The van der Waals surface area contributed by atoms with E-state index in [0.717, 1.165) is 5.06 Å². The molecule has 0 saturated carbocycles. The van der Waals surface area contributed by atoms with Crippen LogP contribution in [0.5, 0.6) is 0 Å². The number of hydrogen-bond donors (Lipinski definition) is 2. The molecule has 3 aromatic rings. The Bertz CT molecular complexity index is 1330. The third-order valence-electron chi connectivity index (χ3n) is 4.75. The summed E-state index contributed by atoms with van der Waals surface area (Å²) in [5, 5.41) is 11.6. The normalized spacial score (nSPS) is 12.5. The van der Waals surface area contributed by atoms with E-state index >= 15 is 0 Å². The van der Waals surface area contributed by atoms with Crippen molar-refractivity contribution in [2.24, 2.45) is 5.92 Å². The van der Waals surface area contributed by atoms with Gasteiger partial charge in [0, 0.05) is 16.8 Å². The first kappa shape index (κ1) is 23.3. The van der Waals surface area contributed by atoms with Crippen LogP contribution < -0.4 is 9.79 Å². The second-order valence-corrected chi connectivity index (χ2v) is 8.97. The van der Waals surface area contributed by atoms with Crippen molar-refractivity contribution >= 4 is 50.0 Å². The molecular formula is C22H22N2O7S. The zero-order valence-corrected chi connectivity index (χ0v) is 18.5. The van der Waals surface area contributed by atoms with Crippen LogP contribution in [0.3, 0.4) is 0 Å². The molecule has 0 aliphatic heterocycles. The van der Waals surface area contributed by atoms with E-state index in [1.807, 2.05) is 0 Å². The van der Waals surface area contributed by atoms with Gasteiger partial charge in [-0.3, -0.25) is 14.4 Å². The van der Waals surface area contributed by atoms with Crippen molar-refractivity contribution in [2.75, 3.05) is 11.7 Å². The Morgan fingerprint density at radius 3 is 2.59 bits per heavy atom. The van der Waals surface area contributed by atoms with E-state index in [1.54, 1.807) is 45.0 Å². The smallest absolute Gasteiger partial charge is 0.322 e. The highest BCUT2D eigenvalue weighted by molar-refractivity contribution is 7.89. The fourth-order valence-corrected chi connectivity index (χ4v) is 4.45. The van der Waals surface area contributed by atoms with Gasteiger partial charge in [-0.1, -0.05) is 19.8 Å². The highest BCUT2D eigenvalue weighted by Gasteiger charge is 2.28. The molecule has 0 fully saturated rings. The zero-order valence-electron chi connectivity index (χ0n) is 17.7. The van der Waals surface area contributed by atoms with Crippen LogP contribution >= 0.6 is 0 Å². The number of carbonyl (C=O) groups is 2. The minimum Gasteiger partial charge on any atom is -0.480 e. The molecule has 168 valence electrons. The number of nitrogens with zero attached hydrogens (tertiary/aromatic N) is 1. The van der Waals surface area contributed by atoms with Crippen LogP contribution in [0, 0.1) is 17.8 Å². The topological polar surface area (TPSA) is 126 Å². The van der Waals surface area contributed by atoms with E-state index in [2.05, 4.69) is 16.6 Å². The van der Waals surface area contributed by atoms with Crippen LogP contribution in [-0.4, -0.2) is 38.6 Å². The number of anilines is 1. The van der Waals surface area contributed by atoms with Crippen LogP contribution in [0.4, 0.5) is 5.69 Å². The van der Waals surface area contributed by atoms with Crippen LogP contribution in [0.2, 0.25) is 0 Å². The van der Waals surface area contributed by atoms with Gasteiger partial charge in [0.2, 0.25) is 16.4 Å². The van der Waals surface area contributed by atoms with Crippen LogP contribution in [0.25, 0.3) is 21.9 Å². The molecule has 0 aliphatic rings. The van der Waals surface area contributed by atoms with E-state index in [9.17, 15) is 23.1 Å². The number of carboxylic acids is 1. The van der Waals surface area contributed by atoms with Gasteiger partial charge in [0.15, 0.2) is 0 Å². The SMILES string of the molecule is CC#CCON(C=O)c1ccc2oc3cc(S(=O)(=O)N[C@H](C(=O)O)C(C)C)ccc3c2c1. The molecule has 1 atom stereocenters. The summed E-state index contributed by atoms with van der Waals surface area (Å²) in [6, 6.07) is 7.96. The molecule has 10 heteroatoms. The maximum absolute atomic E-state index is 12.7. The minimum atomic E-state index is -4.10. The number of benzene rings is 2. The fraction of sp³-hybridized carbons (Fsp3) is 0.273. The Morgan fingerprint density at radius 2 is 1.97 bits per heavy atom. The van der Waals surface area contributed by atoms with Gasteiger partial charge in [0.1, 0.15) is 23.8 Å². The number of carbonyl (C=O) groups excluding carboxylic acids is 1. The summed E-state index contributed by atoms with van der Waals surface area (Å²) in [5.74, 6) is 3.67. The number of fused-ring (bicyclic) bond motifs is 3. The molecule has 0 bridgehead atoms. The Labute approximate surface area is 184 Å². The van der Waals surface area contributed by atoms with Crippen molar-refractivity contribution in [2.45, 2.75) is 31.7 Å². The third kappa shape index (κ3) is 4.75. The van der Waals surface area contributed by atoms with E-state index in [-0.39, 0.29) is 11.5 Å².